The van der Waals surface area contributed by atoms with Gasteiger partial charge in [0.05, 0.1) is 10.6 Å². The normalized spacial score (nSPS) is 21.8. The molecule has 13 nitrogen and oxygen atoms in total. The van der Waals surface area contributed by atoms with E-state index in [1.807, 2.05) is 7.05 Å². The van der Waals surface area contributed by atoms with Crippen molar-refractivity contribution >= 4 is 52.0 Å². The minimum Gasteiger partial charge on any atom is -0.378 e. The Labute approximate surface area is 240 Å². The number of thiazole rings is 1. The maximum Gasteiger partial charge on any atom is 0.313 e. The number of benzene rings is 1. The summed E-state index contributed by atoms with van der Waals surface area (Å²) in [5.41, 5.74) is 0.551. The van der Waals surface area contributed by atoms with Gasteiger partial charge in [0.2, 0.25) is 0 Å². The number of likely N-dealkylation sites (N-methyl/N-ethyl adjacent to an activating group) is 1. The van der Waals surface area contributed by atoms with Gasteiger partial charge in [-0.2, -0.15) is 0 Å². The van der Waals surface area contributed by atoms with Crippen LogP contribution in [0.15, 0.2) is 18.2 Å². The molecule has 1 aliphatic heterocycles. The molecule has 0 spiro atoms. The number of anilines is 1. The first-order chi connectivity index (χ1) is 18.9. The van der Waals surface area contributed by atoms with E-state index < -0.39 is 40.7 Å². The topological polar surface area (TPSA) is 170 Å². The molecule has 3 amide bonds. The zero-order chi connectivity index (χ0) is 29.1. The van der Waals surface area contributed by atoms with Gasteiger partial charge in [0, 0.05) is 54.1 Å². The minimum absolute atomic E-state index is 0.0392. The number of hydrogen-bond acceptors (Lipinski definition) is 10. The molecule has 216 valence electrons. The summed E-state index contributed by atoms with van der Waals surface area (Å²) in [6, 6.07) is 2.51. The number of hydrogen-bond donors (Lipinski definition) is 4. The van der Waals surface area contributed by atoms with Crippen LogP contribution in [0.1, 0.15) is 39.6 Å². The fourth-order valence-electron chi connectivity index (χ4n) is 5.03. The van der Waals surface area contributed by atoms with Crippen molar-refractivity contribution in [3.05, 3.63) is 48.9 Å². The lowest BCUT2D eigenvalue weighted by Gasteiger charge is -2.39. The number of aliphatic hydroxyl groups excluding tert-OH is 1. The minimum atomic E-state index is -1.02. The van der Waals surface area contributed by atoms with Crippen molar-refractivity contribution in [2.45, 2.75) is 50.5 Å². The third-order valence-corrected chi connectivity index (χ3v) is 8.60. The average Bonchev–Trinajstić information content (AvgIpc) is 3.33. The predicted molar refractivity (Wildman–Crippen MR) is 149 cm³/mol. The predicted octanol–water partition coefficient (Wildman–Crippen LogP) is 1.59. The smallest absolute Gasteiger partial charge is 0.313 e. The quantitative estimate of drug-likeness (QED) is 0.161. The van der Waals surface area contributed by atoms with Gasteiger partial charge in [-0.05, 0) is 52.5 Å². The molecule has 0 saturated heterocycles. The summed E-state index contributed by atoms with van der Waals surface area (Å²) in [7, 11) is 5.53. The van der Waals surface area contributed by atoms with Crippen molar-refractivity contribution in [3.63, 3.8) is 0 Å². The highest BCUT2D eigenvalue weighted by Gasteiger charge is 2.37. The highest BCUT2D eigenvalue weighted by molar-refractivity contribution is 7.13. The number of aliphatic hydroxyl groups is 1. The van der Waals surface area contributed by atoms with E-state index in [1.54, 1.807) is 19.0 Å². The van der Waals surface area contributed by atoms with E-state index in [9.17, 15) is 29.6 Å². The molecule has 40 heavy (non-hydrogen) atoms. The Hall–Kier alpha value is -3.17. The maximum atomic E-state index is 13.2. The van der Waals surface area contributed by atoms with Crippen LogP contribution in [0.3, 0.4) is 0 Å². The Morgan fingerprint density at radius 3 is 2.67 bits per heavy atom. The van der Waals surface area contributed by atoms with Gasteiger partial charge in [-0.1, -0.05) is 11.6 Å². The zero-order valence-electron chi connectivity index (χ0n) is 22.3. The van der Waals surface area contributed by atoms with Gasteiger partial charge in [0.1, 0.15) is 11.3 Å². The van der Waals surface area contributed by atoms with E-state index >= 15 is 0 Å². The number of nitro groups is 1. The van der Waals surface area contributed by atoms with Gasteiger partial charge in [0.25, 0.3) is 11.6 Å². The van der Waals surface area contributed by atoms with Crippen molar-refractivity contribution in [3.8, 4) is 0 Å². The first-order valence-corrected chi connectivity index (χ1v) is 14.0. The second kappa shape index (κ2) is 12.6. The molecule has 2 aliphatic rings. The Morgan fingerprint density at radius 2 is 1.98 bits per heavy atom. The molecular formula is C25H32ClN7O6S. The van der Waals surface area contributed by atoms with Crippen LogP contribution < -0.4 is 16.0 Å². The van der Waals surface area contributed by atoms with Crippen LogP contribution in [0.5, 0.6) is 0 Å². The molecule has 4 rings (SSSR count). The monoisotopic (exact) mass is 593 g/mol. The molecule has 1 unspecified atom stereocenters. The number of rotatable bonds is 7. The first-order valence-electron chi connectivity index (χ1n) is 12.8. The third kappa shape index (κ3) is 6.93. The van der Waals surface area contributed by atoms with E-state index in [4.69, 9.17) is 11.6 Å². The lowest BCUT2D eigenvalue weighted by molar-refractivity contribution is -0.384. The summed E-state index contributed by atoms with van der Waals surface area (Å²) < 4.78 is 0. The van der Waals surface area contributed by atoms with E-state index in [1.165, 1.54) is 23.5 Å². The van der Waals surface area contributed by atoms with Gasteiger partial charge in [-0.25, -0.2) is 4.98 Å². The van der Waals surface area contributed by atoms with Crippen LogP contribution in [0.2, 0.25) is 5.02 Å². The van der Waals surface area contributed by atoms with Crippen molar-refractivity contribution in [1.29, 1.82) is 0 Å². The fraction of sp³-hybridized carbons (Fsp3) is 0.520. The zero-order valence-corrected chi connectivity index (χ0v) is 23.9. The second-order valence-electron chi connectivity index (χ2n) is 10.4. The summed E-state index contributed by atoms with van der Waals surface area (Å²) in [5, 5.41) is 30.0. The summed E-state index contributed by atoms with van der Waals surface area (Å²) in [5.74, 6) is -2.52. The largest absolute Gasteiger partial charge is 0.378 e. The molecule has 1 fully saturated rings. The van der Waals surface area contributed by atoms with Gasteiger partial charge in [0.15, 0.2) is 5.01 Å². The number of nitrogens with one attached hydrogen (secondary N) is 3. The number of aromatic nitrogens is 1. The van der Waals surface area contributed by atoms with Crippen LogP contribution in [0.4, 0.5) is 11.4 Å². The molecule has 2 aromatic rings. The second-order valence-corrected chi connectivity index (χ2v) is 11.9. The number of carbonyl (C=O) groups excluding carboxylic acids is 3. The molecule has 1 aliphatic carbocycles. The number of nitro benzene ring substituents is 1. The Kier molecular flexibility index (Phi) is 9.36. The lowest BCUT2D eigenvalue weighted by Crippen LogP contribution is -2.57. The molecule has 1 saturated carbocycles. The highest BCUT2D eigenvalue weighted by atomic mass is 35.5. The standard InChI is InChI=1S/C25H32ClN7O6S/c1-31(2)25(37)13-4-7-16(28-22(35)21(34)27-14-5-6-15(26)19(11-14)33(38)39)18(10-13)29-23(36)24-30-17-8-9-32(3)12-20(17)40-24/h5-6,11,13,16,18,25,37H,4,7-10,12H2,1-3H3,(H,27,34)(H,28,35)(H,29,36)/t13-,16-,18+,25?/m0/s1. The molecule has 4 N–H and O–H groups in total. The van der Waals surface area contributed by atoms with E-state index in [0.717, 1.165) is 36.1 Å². The molecule has 2 heterocycles. The van der Waals surface area contributed by atoms with E-state index in [0.29, 0.717) is 24.3 Å². The molecule has 4 atom stereocenters. The summed E-state index contributed by atoms with van der Waals surface area (Å²) >= 11 is 7.16. The first kappa shape index (κ1) is 29.8. The van der Waals surface area contributed by atoms with E-state index in [-0.39, 0.29) is 22.5 Å². The van der Waals surface area contributed by atoms with Crippen molar-refractivity contribution in [2.24, 2.45) is 5.92 Å². The molecule has 0 radical (unpaired) electrons. The van der Waals surface area contributed by atoms with Gasteiger partial charge in [-0.3, -0.25) is 29.4 Å². The number of amides is 3. The van der Waals surface area contributed by atoms with Crippen LogP contribution in [0.25, 0.3) is 0 Å². The molecular weight excluding hydrogens is 562 g/mol. The fourth-order valence-corrected chi connectivity index (χ4v) is 6.31. The van der Waals surface area contributed by atoms with Gasteiger partial charge < -0.3 is 26.0 Å². The number of halogens is 1. The van der Waals surface area contributed by atoms with Crippen molar-refractivity contribution < 1.29 is 24.4 Å². The summed E-state index contributed by atoms with van der Waals surface area (Å²) in [4.78, 5) is 58.6. The van der Waals surface area contributed by atoms with E-state index in [2.05, 4.69) is 25.8 Å². The average molecular weight is 594 g/mol. The highest BCUT2D eigenvalue weighted by Crippen LogP contribution is 2.30. The number of carbonyl (C=O) groups is 3. The molecule has 0 bridgehead atoms. The molecule has 15 heteroatoms. The van der Waals surface area contributed by atoms with Crippen molar-refractivity contribution in [2.75, 3.05) is 33.0 Å². The SMILES string of the molecule is CN1CCc2nc(C(=O)N[C@@H]3C[C@@H](C(O)N(C)C)CC[C@@H]3NC(=O)C(=O)Nc3ccc(Cl)c([N+](=O)[O-])c3)sc2C1. The van der Waals surface area contributed by atoms with Gasteiger partial charge in [-0.15, -0.1) is 11.3 Å². The Balaban J connectivity index is 1.46. The van der Waals surface area contributed by atoms with Crippen LogP contribution in [-0.4, -0.2) is 88.5 Å². The lowest BCUT2D eigenvalue weighted by atomic mass is 9.81. The van der Waals surface area contributed by atoms with Crippen LogP contribution >= 0.6 is 22.9 Å². The Morgan fingerprint density at radius 1 is 1.23 bits per heavy atom. The van der Waals surface area contributed by atoms with Crippen LogP contribution in [-0.2, 0) is 22.6 Å². The van der Waals surface area contributed by atoms with Crippen molar-refractivity contribution in [1.82, 2.24) is 25.4 Å². The summed E-state index contributed by atoms with van der Waals surface area (Å²) in [6.07, 6.45) is 1.35. The molecule has 1 aromatic carbocycles. The Bertz CT molecular complexity index is 1300. The van der Waals surface area contributed by atoms with Gasteiger partial charge >= 0.3 is 11.8 Å². The summed E-state index contributed by atoms with van der Waals surface area (Å²) in [6.45, 7) is 1.59. The number of nitrogens with zero attached hydrogens (tertiary/aromatic N) is 4. The number of fused-ring (bicyclic) bond motifs is 1. The maximum absolute atomic E-state index is 13.2. The molecule has 1 aromatic heterocycles. The van der Waals surface area contributed by atoms with Crippen LogP contribution in [0, 0.1) is 16.0 Å². The third-order valence-electron chi connectivity index (χ3n) is 7.20.